The SMILES string of the molecule is O=C(Nc1cccc(OC(F)(F)F)c1)c1ccc(-n2cncn2)c([N+](=O)[O-])c1. The lowest BCUT2D eigenvalue weighted by atomic mass is 10.1. The van der Waals surface area contributed by atoms with Crippen LogP contribution in [0.3, 0.4) is 0 Å². The van der Waals surface area contributed by atoms with Crippen LogP contribution < -0.4 is 10.1 Å². The maximum Gasteiger partial charge on any atom is 0.573 e. The summed E-state index contributed by atoms with van der Waals surface area (Å²) in [6.45, 7) is 0. The molecule has 0 aliphatic carbocycles. The average molecular weight is 393 g/mol. The zero-order valence-corrected chi connectivity index (χ0v) is 13.8. The number of carbonyl (C=O) groups excluding carboxylic acids is 1. The van der Waals surface area contributed by atoms with E-state index in [0.717, 1.165) is 22.9 Å². The van der Waals surface area contributed by atoms with Crippen molar-refractivity contribution in [1.29, 1.82) is 0 Å². The molecule has 0 radical (unpaired) electrons. The fourth-order valence-corrected chi connectivity index (χ4v) is 2.31. The Kier molecular flexibility index (Phi) is 4.94. The maximum absolute atomic E-state index is 12.4. The van der Waals surface area contributed by atoms with Crippen molar-refractivity contribution in [3.8, 4) is 11.4 Å². The van der Waals surface area contributed by atoms with E-state index in [0.29, 0.717) is 0 Å². The number of carbonyl (C=O) groups is 1. The topological polar surface area (TPSA) is 112 Å². The maximum atomic E-state index is 12.4. The van der Waals surface area contributed by atoms with Gasteiger partial charge in [-0.3, -0.25) is 14.9 Å². The van der Waals surface area contributed by atoms with Crippen molar-refractivity contribution in [3.63, 3.8) is 0 Å². The first-order valence-electron chi connectivity index (χ1n) is 7.53. The highest BCUT2D eigenvalue weighted by Crippen LogP contribution is 2.26. The van der Waals surface area contributed by atoms with E-state index in [4.69, 9.17) is 0 Å². The molecular weight excluding hydrogens is 383 g/mol. The predicted octanol–water partition coefficient (Wildman–Crippen LogP) is 3.33. The summed E-state index contributed by atoms with van der Waals surface area (Å²) in [6.07, 6.45) is -2.42. The summed E-state index contributed by atoms with van der Waals surface area (Å²) in [4.78, 5) is 26.7. The molecule has 0 saturated heterocycles. The number of nitro benzene ring substituents is 1. The quantitative estimate of drug-likeness (QED) is 0.526. The number of hydrogen-bond donors (Lipinski definition) is 1. The summed E-state index contributed by atoms with van der Waals surface area (Å²) in [5, 5.41) is 17.5. The van der Waals surface area contributed by atoms with Gasteiger partial charge in [-0.25, -0.2) is 9.67 Å². The van der Waals surface area contributed by atoms with E-state index in [2.05, 4.69) is 20.1 Å². The molecule has 9 nitrogen and oxygen atoms in total. The minimum absolute atomic E-state index is 0.0229. The van der Waals surface area contributed by atoms with E-state index in [1.165, 1.54) is 36.9 Å². The minimum Gasteiger partial charge on any atom is -0.406 e. The molecule has 3 rings (SSSR count). The molecule has 0 spiro atoms. The number of benzene rings is 2. The van der Waals surface area contributed by atoms with Crippen LogP contribution in [0.5, 0.6) is 5.75 Å². The third kappa shape index (κ3) is 4.41. The van der Waals surface area contributed by atoms with Crippen molar-refractivity contribution in [2.75, 3.05) is 5.32 Å². The van der Waals surface area contributed by atoms with Gasteiger partial charge in [-0.05, 0) is 24.3 Å². The van der Waals surface area contributed by atoms with Crippen LogP contribution in [0.15, 0.2) is 55.1 Å². The second kappa shape index (κ2) is 7.34. The van der Waals surface area contributed by atoms with Crippen LogP contribution in [0.4, 0.5) is 24.5 Å². The second-order valence-corrected chi connectivity index (χ2v) is 5.33. The number of ether oxygens (including phenoxy) is 1. The van der Waals surface area contributed by atoms with E-state index >= 15 is 0 Å². The summed E-state index contributed by atoms with van der Waals surface area (Å²) in [7, 11) is 0. The van der Waals surface area contributed by atoms with E-state index in [1.807, 2.05) is 0 Å². The molecule has 1 aromatic heterocycles. The molecule has 0 saturated carbocycles. The van der Waals surface area contributed by atoms with Crippen molar-refractivity contribution in [2.45, 2.75) is 6.36 Å². The Morgan fingerprint density at radius 2 is 2.00 bits per heavy atom. The van der Waals surface area contributed by atoms with Crippen molar-refractivity contribution in [2.24, 2.45) is 0 Å². The van der Waals surface area contributed by atoms with Gasteiger partial charge in [0.05, 0.1) is 4.92 Å². The number of alkyl halides is 3. The summed E-state index contributed by atoms with van der Waals surface area (Å²) in [6, 6.07) is 8.31. The first-order chi connectivity index (χ1) is 13.2. The lowest BCUT2D eigenvalue weighted by Crippen LogP contribution is -2.17. The third-order valence-corrected chi connectivity index (χ3v) is 3.43. The predicted molar refractivity (Wildman–Crippen MR) is 89.1 cm³/mol. The Morgan fingerprint density at radius 3 is 2.64 bits per heavy atom. The molecule has 0 bridgehead atoms. The van der Waals surface area contributed by atoms with Crippen molar-refractivity contribution >= 4 is 17.3 Å². The second-order valence-electron chi connectivity index (χ2n) is 5.33. The standard InChI is InChI=1S/C16H10F3N5O4/c17-16(18,19)28-12-3-1-2-11(7-12)22-15(25)10-4-5-13(14(6-10)24(26)27)23-9-20-8-21-23/h1-9H,(H,22,25). The van der Waals surface area contributed by atoms with Gasteiger partial charge in [0.15, 0.2) is 0 Å². The average Bonchev–Trinajstić information content (AvgIpc) is 3.14. The molecule has 0 unspecified atom stereocenters. The number of hydrogen-bond acceptors (Lipinski definition) is 6. The van der Waals surface area contributed by atoms with Gasteiger partial charge in [-0.1, -0.05) is 6.07 Å². The van der Waals surface area contributed by atoms with Crippen LogP contribution >= 0.6 is 0 Å². The normalized spacial score (nSPS) is 11.1. The molecule has 3 aromatic rings. The number of nitrogens with one attached hydrogen (secondary N) is 1. The van der Waals surface area contributed by atoms with E-state index in [9.17, 15) is 28.1 Å². The minimum atomic E-state index is -4.87. The van der Waals surface area contributed by atoms with Crippen LogP contribution in [0, 0.1) is 10.1 Å². The largest absolute Gasteiger partial charge is 0.573 e. The van der Waals surface area contributed by atoms with Gasteiger partial charge in [0.25, 0.3) is 11.6 Å². The van der Waals surface area contributed by atoms with Crippen LogP contribution in [0.25, 0.3) is 5.69 Å². The van der Waals surface area contributed by atoms with Crippen LogP contribution in [-0.4, -0.2) is 32.0 Å². The smallest absolute Gasteiger partial charge is 0.406 e. The van der Waals surface area contributed by atoms with Gasteiger partial charge in [0.2, 0.25) is 0 Å². The van der Waals surface area contributed by atoms with E-state index in [-0.39, 0.29) is 16.9 Å². The summed E-state index contributed by atoms with van der Waals surface area (Å²) in [5.41, 5.74) is -0.348. The fourth-order valence-electron chi connectivity index (χ4n) is 2.31. The van der Waals surface area contributed by atoms with Crippen LogP contribution in [-0.2, 0) is 0 Å². The van der Waals surface area contributed by atoms with Crippen LogP contribution in [0.2, 0.25) is 0 Å². The van der Waals surface area contributed by atoms with Gasteiger partial charge in [-0.2, -0.15) is 5.10 Å². The van der Waals surface area contributed by atoms with E-state index < -0.39 is 28.6 Å². The lowest BCUT2D eigenvalue weighted by Gasteiger charge is -2.11. The number of anilines is 1. The monoisotopic (exact) mass is 393 g/mol. The van der Waals surface area contributed by atoms with Crippen molar-refractivity contribution in [3.05, 3.63) is 70.8 Å². The molecule has 1 heterocycles. The Labute approximate surface area is 154 Å². The molecule has 28 heavy (non-hydrogen) atoms. The fraction of sp³-hybridized carbons (Fsp3) is 0.0625. The summed E-state index contributed by atoms with van der Waals surface area (Å²) >= 11 is 0. The van der Waals surface area contributed by atoms with Crippen molar-refractivity contribution < 1.29 is 27.6 Å². The highest BCUT2D eigenvalue weighted by Gasteiger charge is 2.31. The summed E-state index contributed by atoms with van der Waals surface area (Å²) < 4.78 is 41.8. The molecule has 0 fully saturated rings. The molecule has 1 N–H and O–H groups in total. The number of nitro groups is 1. The number of amides is 1. The van der Waals surface area contributed by atoms with Crippen LogP contribution in [0.1, 0.15) is 10.4 Å². The highest BCUT2D eigenvalue weighted by molar-refractivity contribution is 6.05. The van der Waals surface area contributed by atoms with E-state index in [1.54, 1.807) is 0 Å². The van der Waals surface area contributed by atoms with Gasteiger partial charge in [0, 0.05) is 23.4 Å². The molecule has 12 heteroatoms. The number of aromatic nitrogens is 3. The van der Waals surface area contributed by atoms with Gasteiger partial charge in [0.1, 0.15) is 24.1 Å². The Morgan fingerprint density at radius 1 is 1.21 bits per heavy atom. The molecule has 2 aromatic carbocycles. The molecule has 0 atom stereocenters. The Bertz CT molecular complexity index is 1020. The van der Waals surface area contributed by atoms with Gasteiger partial charge in [-0.15, -0.1) is 13.2 Å². The molecule has 1 amide bonds. The molecule has 0 aliphatic heterocycles. The first kappa shape index (κ1) is 18.8. The first-order valence-corrected chi connectivity index (χ1v) is 7.53. The summed E-state index contributed by atoms with van der Waals surface area (Å²) in [5.74, 6) is -1.27. The zero-order valence-electron chi connectivity index (χ0n) is 13.8. The van der Waals surface area contributed by atoms with Crippen molar-refractivity contribution in [1.82, 2.24) is 14.8 Å². The Balaban J connectivity index is 1.84. The van der Waals surface area contributed by atoms with Gasteiger partial charge >= 0.3 is 6.36 Å². The number of nitrogens with zero attached hydrogens (tertiary/aromatic N) is 4. The number of rotatable bonds is 5. The number of halogens is 3. The highest BCUT2D eigenvalue weighted by atomic mass is 19.4. The lowest BCUT2D eigenvalue weighted by molar-refractivity contribution is -0.384. The molecule has 0 aliphatic rings. The van der Waals surface area contributed by atoms with Gasteiger partial charge < -0.3 is 10.1 Å². The molecule has 144 valence electrons. The molecular formula is C16H10F3N5O4. The Hall–Kier alpha value is -3.96. The zero-order chi connectivity index (χ0) is 20.3. The third-order valence-electron chi connectivity index (χ3n) is 3.43.